The maximum absolute atomic E-state index is 4.60. The largest absolute Gasteiger partial charge is 0.368 e. The van der Waals surface area contributed by atoms with E-state index >= 15 is 0 Å². The zero-order valence-electron chi connectivity index (χ0n) is 12.9. The van der Waals surface area contributed by atoms with Crippen molar-refractivity contribution in [3.63, 3.8) is 0 Å². The van der Waals surface area contributed by atoms with Crippen LogP contribution < -0.4 is 10.6 Å². The van der Waals surface area contributed by atoms with Crippen molar-refractivity contribution in [2.75, 3.05) is 23.7 Å². The van der Waals surface area contributed by atoms with Gasteiger partial charge in [-0.15, -0.1) is 0 Å². The highest BCUT2D eigenvalue weighted by Gasteiger charge is 2.35. The molecule has 0 spiro atoms. The molecule has 21 heavy (non-hydrogen) atoms. The van der Waals surface area contributed by atoms with Crippen molar-refractivity contribution in [1.29, 1.82) is 0 Å². The molecule has 3 N–H and O–H groups in total. The van der Waals surface area contributed by atoms with Crippen LogP contribution in [0.3, 0.4) is 0 Å². The first-order chi connectivity index (χ1) is 10.3. The number of nitrogens with zero attached hydrogens (tertiary/aromatic N) is 3. The molecular weight excluding hydrogens is 264 g/mol. The summed E-state index contributed by atoms with van der Waals surface area (Å²) in [6.45, 7) is 6.25. The monoisotopic (exact) mass is 288 g/mol. The normalized spacial score (nSPS) is 16.7. The summed E-state index contributed by atoms with van der Waals surface area (Å²) in [6.07, 6.45) is 7.92. The molecule has 0 saturated heterocycles. The van der Waals surface area contributed by atoms with Gasteiger partial charge in [0.2, 0.25) is 5.95 Å². The van der Waals surface area contributed by atoms with Gasteiger partial charge in [0, 0.05) is 13.1 Å². The lowest BCUT2D eigenvalue weighted by Crippen LogP contribution is -2.36. The molecule has 2 aromatic rings. The van der Waals surface area contributed by atoms with Crippen LogP contribution in [-0.2, 0) is 0 Å². The number of rotatable bonds is 7. The van der Waals surface area contributed by atoms with Gasteiger partial charge >= 0.3 is 0 Å². The number of H-pyrrole nitrogens is 1. The molecule has 0 atom stereocenters. The van der Waals surface area contributed by atoms with E-state index in [9.17, 15) is 0 Å². The first-order valence-electron chi connectivity index (χ1n) is 7.95. The number of hydrogen-bond acceptors (Lipinski definition) is 5. The number of fused-ring (bicyclic) bond motifs is 1. The molecule has 0 aliphatic heterocycles. The second kappa shape index (κ2) is 5.87. The lowest BCUT2D eigenvalue weighted by Gasteiger charge is -2.41. The number of anilines is 2. The quantitative estimate of drug-likeness (QED) is 0.729. The van der Waals surface area contributed by atoms with Crippen molar-refractivity contribution < 1.29 is 0 Å². The van der Waals surface area contributed by atoms with Gasteiger partial charge in [-0.1, -0.05) is 20.3 Å². The van der Waals surface area contributed by atoms with Gasteiger partial charge in [0.1, 0.15) is 5.52 Å². The Hall–Kier alpha value is -1.85. The van der Waals surface area contributed by atoms with Gasteiger partial charge in [-0.2, -0.15) is 9.97 Å². The number of nitrogens with one attached hydrogen (secondary N) is 3. The fourth-order valence-corrected chi connectivity index (χ4v) is 2.88. The van der Waals surface area contributed by atoms with E-state index in [1.807, 2.05) is 0 Å². The number of aromatic nitrogens is 4. The Bertz CT molecular complexity index is 596. The van der Waals surface area contributed by atoms with Crippen LogP contribution in [-0.4, -0.2) is 33.0 Å². The first kappa shape index (κ1) is 14.1. The molecule has 0 amide bonds. The Balaban J connectivity index is 1.80. The highest BCUT2D eigenvalue weighted by atomic mass is 15.2. The Morgan fingerprint density at radius 1 is 1.24 bits per heavy atom. The molecule has 6 nitrogen and oxygen atoms in total. The summed E-state index contributed by atoms with van der Waals surface area (Å²) in [7, 11) is 0. The van der Waals surface area contributed by atoms with Gasteiger partial charge in [0.05, 0.1) is 6.33 Å². The van der Waals surface area contributed by atoms with Crippen molar-refractivity contribution in [2.24, 2.45) is 5.41 Å². The third-order valence-electron chi connectivity index (χ3n) is 4.61. The smallest absolute Gasteiger partial charge is 0.226 e. The molecule has 3 rings (SSSR count). The topological polar surface area (TPSA) is 78.5 Å². The third-order valence-corrected chi connectivity index (χ3v) is 4.61. The predicted octanol–water partition coefficient (Wildman–Crippen LogP) is 3.17. The van der Waals surface area contributed by atoms with Gasteiger partial charge in [-0.3, -0.25) is 0 Å². The van der Waals surface area contributed by atoms with E-state index in [0.29, 0.717) is 17.0 Å². The van der Waals surface area contributed by atoms with E-state index in [1.165, 1.54) is 25.7 Å². The molecule has 0 bridgehead atoms. The van der Waals surface area contributed by atoms with Gasteiger partial charge in [-0.05, 0) is 31.1 Å². The number of hydrogen-bond donors (Lipinski definition) is 3. The molecule has 0 radical (unpaired) electrons. The van der Waals surface area contributed by atoms with Crippen LogP contribution in [0.25, 0.3) is 11.2 Å². The Kier molecular flexibility index (Phi) is 3.94. The summed E-state index contributed by atoms with van der Waals surface area (Å²) < 4.78 is 0. The van der Waals surface area contributed by atoms with Gasteiger partial charge in [0.15, 0.2) is 11.5 Å². The summed E-state index contributed by atoms with van der Waals surface area (Å²) in [5, 5.41) is 6.76. The van der Waals surface area contributed by atoms with Crippen LogP contribution in [0, 0.1) is 5.41 Å². The fourth-order valence-electron chi connectivity index (χ4n) is 2.88. The lowest BCUT2D eigenvalue weighted by atomic mass is 9.67. The number of imidazole rings is 1. The Labute approximate surface area is 125 Å². The fraction of sp³-hybridized carbons (Fsp3) is 0.667. The molecule has 2 aromatic heterocycles. The summed E-state index contributed by atoms with van der Waals surface area (Å²) >= 11 is 0. The van der Waals surface area contributed by atoms with Crippen LogP contribution in [0.5, 0.6) is 0 Å². The van der Waals surface area contributed by atoms with Gasteiger partial charge < -0.3 is 15.6 Å². The summed E-state index contributed by atoms with van der Waals surface area (Å²) in [6, 6.07) is 0. The van der Waals surface area contributed by atoms with Crippen molar-refractivity contribution in [3.05, 3.63) is 6.33 Å². The summed E-state index contributed by atoms with van der Waals surface area (Å²) in [5.41, 5.74) is 2.06. The summed E-state index contributed by atoms with van der Waals surface area (Å²) in [4.78, 5) is 16.4. The molecule has 6 heteroatoms. The van der Waals surface area contributed by atoms with E-state index in [2.05, 4.69) is 44.4 Å². The molecule has 1 fully saturated rings. The Morgan fingerprint density at radius 2 is 2.10 bits per heavy atom. The zero-order valence-corrected chi connectivity index (χ0v) is 12.9. The standard InChI is InChI=1S/C15H24N6/c1-3-8-16-14-20-12(11-13(21-14)19-10-18-11)17-9-15(4-2)6-5-7-15/h10H,3-9H2,1-2H3,(H3,16,17,18,19,20,21). The molecule has 1 saturated carbocycles. The van der Waals surface area contributed by atoms with E-state index in [0.717, 1.165) is 30.8 Å². The van der Waals surface area contributed by atoms with Crippen molar-refractivity contribution >= 4 is 22.9 Å². The van der Waals surface area contributed by atoms with Crippen LogP contribution in [0.4, 0.5) is 11.8 Å². The van der Waals surface area contributed by atoms with Gasteiger partial charge in [0.25, 0.3) is 0 Å². The minimum atomic E-state index is 0.453. The van der Waals surface area contributed by atoms with E-state index in [-0.39, 0.29) is 0 Å². The SMILES string of the molecule is CCCNc1nc(NCC2(CC)CCC2)c2[nH]cnc2n1. The highest BCUT2D eigenvalue weighted by molar-refractivity contribution is 5.83. The molecule has 2 heterocycles. The van der Waals surface area contributed by atoms with Crippen molar-refractivity contribution in [3.8, 4) is 0 Å². The van der Waals surface area contributed by atoms with Crippen LogP contribution in [0.2, 0.25) is 0 Å². The average Bonchev–Trinajstić information content (AvgIpc) is 2.92. The minimum absolute atomic E-state index is 0.453. The molecular formula is C15H24N6. The molecule has 0 aromatic carbocycles. The molecule has 1 aliphatic rings. The van der Waals surface area contributed by atoms with E-state index < -0.39 is 0 Å². The second-order valence-corrected chi connectivity index (χ2v) is 5.98. The van der Waals surface area contributed by atoms with Crippen LogP contribution in [0.15, 0.2) is 6.33 Å². The molecule has 0 unspecified atom stereocenters. The Morgan fingerprint density at radius 3 is 2.76 bits per heavy atom. The van der Waals surface area contributed by atoms with Crippen LogP contribution >= 0.6 is 0 Å². The summed E-state index contributed by atoms with van der Waals surface area (Å²) in [5.74, 6) is 1.51. The average molecular weight is 288 g/mol. The predicted molar refractivity (Wildman–Crippen MR) is 85.5 cm³/mol. The van der Waals surface area contributed by atoms with Crippen molar-refractivity contribution in [1.82, 2.24) is 19.9 Å². The first-order valence-corrected chi connectivity index (χ1v) is 7.95. The molecule has 114 valence electrons. The lowest BCUT2D eigenvalue weighted by molar-refractivity contribution is 0.145. The molecule has 1 aliphatic carbocycles. The zero-order chi connectivity index (χ0) is 14.7. The van der Waals surface area contributed by atoms with E-state index in [4.69, 9.17) is 0 Å². The second-order valence-electron chi connectivity index (χ2n) is 5.98. The minimum Gasteiger partial charge on any atom is -0.368 e. The van der Waals surface area contributed by atoms with Crippen molar-refractivity contribution in [2.45, 2.75) is 46.0 Å². The number of aromatic amines is 1. The highest BCUT2D eigenvalue weighted by Crippen LogP contribution is 2.43. The third kappa shape index (κ3) is 2.80. The van der Waals surface area contributed by atoms with Gasteiger partial charge in [-0.25, -0.2) is 4.98 Å². The van der Waals surface area contributed by atoms with E-state index in [1.54, 1.807) is 6.33 Å². The maximum Gasteiger partial charge on any atom is 0.226 e. The maximum atomic E-state index is 4.60. The van der Waals surface area contributed by atoms with Crippen LogP contribution in [0.1, 0.15) is 46.0 Å².